The van der Waals surface area contributed by atoms with Crippen molar-refractivity contribution in [1.82, 2.24) is 5.43 Å². The minimum atomic E-state index is -0.356. The number of hydrazone groups is 1. The highest BCUT2D eigenvalue weighted by molar-refractivity contribution is 9.10. The molecule has 0 aliphatic rings. The molecule has 0 saturated heterocycles. The number of halogens is 3. The van der Waals surface area contributed by atoms with E-state index in [2.05, 4.69) is 31.8 Å². The number of rotatable bonds is 7. The maximum atomic E-state index is 12.3. The second kappa shape index (κ2) is 11.3. The summed E-state index contributed by atoms with van der Waals surface area (Å²) in [6, 6.07) is 15.8. The first kappa shape index (κ1) is 24.8. The van der Waals surface area contributed by atoms with Crippen LogP contribution in [-0.2, 0) is 4.79 Å². The third-order valence-electron chi connectivity index (χ3n) is 4.52. The molecule has 9 heteroatoms. The first-order chi connectivity index (χ1) is 15.7. The molecular formula is C24H20BrCl2N3O3. The molecule has 0 spiro atoms. The van der Waals surface area contributed by atoms with Gasteiger partial charge in [0.15, 0.2) is 12.4 Å². The van der Waals surface area contributed by atoms with E-state index in [1.165, 1.54) is 6.21 Å². The van der Waals surface area contributed by atoms with Crippen molar-refractivity contribution in [2.45, 2.75) is 13.8 Å². The molecule has 170 valence electrons. The summed E-state index contributed by atoms with van der Waals surface area (Å²) in [7, 11) is 0. The van der Waals surface area contributed by atoms with E-state index in [0.717, 1.165) is 21.3 Å². The number of benzene rings is 3. The van der Waals surface area contributed by atoms with Crippen LogP contribution in [0.1, 0.15) is 27.0 Å². The molecule has 3 aromatic rings. The Bertz CT molecular complexity index is 1190. The minimum absolute atomic E-state index is 0.186. The summed E-state index contributed by atoms with van der Waals surface area (Å²) in [6.07, 6.45) is 1.41. The van der Waals surface area contributed by atoms with Crippen LogP contribution in [0.3, 0.4) is 0 Å². The first-order valence-corrected chi connectivity index (χ1v) is 11.4. The van der Waals surface area contributed by atoms with E-state index >= 15 is 0 Å². The van der Waals surface area contributed by atoms with Crippen molar-refractivity contribution >= 4 is 62.8 Å². The Labute approximate surface area is 210 Å². The highest BCUT2D eigenvalue weighted by Gasteiger charge is 2.13. The Morgan fingerprint density at radius 1 is 1.03 bits per heavy atom. The number of amides is 2. The molecule has 3 aromatic carbocycles. The monoisotopic (exact) mass is 547 g/mol. The van der Waals surface area contributed by atoms with Crippen LogP contribution >= 0.6 is 39.1 Å². The van der Waals surface area contributed by atoms with Crippen molar-refractivity contribution in [3.8, 4) is 5.75 Å². The number of carbonyl (C=O) groups is 2. The molecule has 0 atom stereocenters. The molecule has 6 nitrogen and oxygen atoms in total. The van der Waals surface area contributed by atoms with Crippen LogP contribution in [0, 0.1) is 13.8 Å². The molecule has 0 aromatic heterocycles. The Morgan fingerprint density at radius 3 is 2.36 bits per heavy atom. The zero-order valence-corrected chi connectivity index (χ0v) is 20.9. The van der Waals surface area contributed by atoms with Gasteiger partial charge in [-0.05, 0) is 73.0 Å². The summed E-state index contributed by atoms with van der Waals surface area (Å²) in [5.74, 6) is -0.506. The number of hydrogen-bond donors (Lipinski definition) is 2. The van der Waals surface area contributed by atoms with Gasteiger partial charge in [0.25, 0.3) is 11.8 Å². The van der Waals surface area contributed by atoms with Crippen LogP contribution < -0.4 is 15.5 Å². The Kier molecular flexibility index (Phi) is 8.49. The van der Waals surface area contributed by atoms with Crippen LogP contribution in [0.4, 0.5) is 5.69 Å². The molecule has 2 N–H and O–H groups in total. The van der Waals surface area contributed by atoms with Gasteiger partial charge in [-0.1, -0.05) is 51.3 Å². The van der Waals surface area contributed by atoms with Crippen molar-refractivity contribution in [1.29, 1.82) is 0 Å². The zero-order valence-electron chi connectivity index (χ0n) is 17.8. The lowest BCUT2D eigenvalue weighted by atomic mass is 10.1. The molecule has 2 amide bonds. The minimum Gasteiger partial charge on any atom is -0.481 e. The molecule has 0 unspecified atom stereocenters. The van der Waals surface area contributed by atoms with Gasteiger partial charge in [0.1, 0.15) is 0 Å². The first-order valence-electron chi connectivity index (χ1n) is 9.81. The maximum Gasteiger partial charge on any atom is 0.271 e. The second-order valence-corrected chi connectivity index (χ2v) is 8.90. The predicted molar refractivity (Wildman–Crippen MR) is 136 cm³/mol. The fourth-order valence-electron chi connectivity index (χ4n) is 2.82. The van der Waals surface area contributed by atoms with Gasteiger partial charge in [0.2, 0.25) is 0 Å². The summed E-state index contributed by atoms with van der Waals surface area (Å²) >= 11 is 15.9. The molecule has 0 radical (unpaired) electrons. The Hall–Kier alpha value is -2.87. The molecule has 0 aliphatic heterocycles. The fourth-order valence-corrected chi connectivity index (χ4v) is 3.70. The molecule has 0 aliphatic carbocycles. The highest BCUT2D eigenvalue weighted by Crippen LogP contribution is 2.34. The standard InChI is InChI=1S/C24H20BrCl2N3O3/c1-14-3-4-15(2)21(9-14)29-22(31)13-33-23-19(26)10-16(11-20(23)27)12-28-30-24(32)17-5-7-18(25)8-6-17/h3-12H,13H2,1-2H3,(H,29,31)(H,30,32)/b28-12+. The molecule has 0 fully saturated rings. The topological polar surface area (TPSA) is 79.8 Å². The number of carbonyl (C=O) groups excluding carboxylic acids is 2. The van der Waals surface area contributed by atoms with Gasteiger partial charge in [-0.15, -0.1) is 0 Å². The fraction of sp³-hybridized carbons (Fsp3) is 0.125. The molecule has 0 heterocycles. The molecule has 3 rings (SSSR count). The Balaban J connectivity index is 1.59. The van der Waals surface area contributed by atoms with Gasteiger partial charge in [-0.2, -0.15) is 5.10 Å². The van der Waals surface area contributed by atoms with Gasteiger partial charge in [-0.3, -0.25) is 9.59 Å². The number of hydrogen-bond acceptors (Lipinski definition) is 4. The number of aryl methyl sites for hydroxylation is 2. The number of anilines is 1. The van der Waals surface area contributed by atoms with E-state index < -0.39 is 0 Å². The van der Waals surface area contributed by atoms with Gasteiger partial charge in [0.05, 0.1) is 16.3 Å². The van der Waals surface area contributed by atoms with Crippen molar-refractivity contribution in [2.75, 3.05) is 11.9 Å². The largest absolute Gasteiger partial charge is 0.481 e. The zero-order chi connectivity index (χ0) is 24.0. The summed E-state index contributed by atoms with van der Waals surface area (Å²) in [4.78, 5) is 24.4. The van der Waals surface area contributed by atoms with E-state index in [-0.39, 0.29) is 34.2 Å². The summed E-state index contributed by atoms with van der Waals surface area (Å²) in [5, 5.41) is 7.16. The SMILES string of the molecule is Cc1ccc(C)c(NC(=O)COc2c(Cl)cc(/C=N/NC(=O)c3ccc(Br)cc3)cc2Cl)c1. The second-order valence-electron chi connectivity index (χ2n) is 7.17. The molecule has 0 saturated carbocycles. The van der Waals surface area contributed by atoms with Gasteiger partial charge < -0.3 is 10.1 Å². The van der Waals surface area contributed by atoms with E-state index in [9.17, 15) is 9.59 Å². The summed E-state index contributed by atoms with van der Waals surface area (Å²) in [5.41, 5.74) is 6.15. The van der Waals surface area contributed by atoms with Crippen LogP contribution in [0.5, 0.6) is 5.75 Å². The van der Waals surface area contributed by atoms with E-state index in [4.69, 9.17) is 27.9 Å². The maximum absolute atomic E-state index is 12.3. The lowest BCUT2D eigenvalue weighted by Crippen LogP contribution is -2.21. The lowest BCUT2D eigenvalue weighted by Gasteiger charge is -2.12. The molecule has 33 heavy (non-hydrogen) atoms. The van der Waals surface area contributed by atoms with Gasteiger partial charge in [-0.25, -0.2) is 5.43 Å². The lowest BCUT2D eigenvalue weighted by molar-refractivity contribution is -0.118. The normalized spacial score (nSPS) is 10.8. The number of nitrogens with one attached hydrogen (secondary N) is 2. The van der Waals surface area contributed by atoms with Crippen molar-refractivity contribution in [2.24, 2.45) is 5.10 Å². The quantitative estimate of drug-likeness (QED) is 0.274. The van der Waals surface area contributed by atoms with Crippen molar-refractivity contribution < 1.29 is 14.3 Å². The molecule has 0 bridgehead atoms. The number of nitrogens with zero attached hydrogens (tertiary/aromatic N) is 1. The van der Waals surface area contributed by atoms with Crippen LogP contribution in [0.2, 0.25) is 10.0 Å². The average molecular weight is 549 g/mol. The van der Waals surface area contributed by atoms with Crippen LogP contribution in [0.25, 0.3) is 0 Å². The van der Waals surface area contributed by atoms with Gasteiger partial charge >= 0.3 is 0 Å². The summed E-state index contributed by atoms with van der Waals surface area (Å²) in [6.45, 7) is 3.59. The van der Waals surface area contributed by atoms with Crippen LogP contribution in [0.15, 0.2) is 64.2 Å². The average Bonchev–Trinajstić information content (AvgIpc) is 2.76. The highest BCUT2D eigenvalue weighted by atomic mass is 79.9. The van der Waals surface area contributed by atoms with E-state index in [1.54, 1.807) is 36.4 Å². The molecular weight excluding hydrogens is 529 g/mol. The van der Waals surface area contributed by atoms with Gasteiger partial charge in [0, 0.05) is 15.7 Å². The predicted octanol–water partition coefficient (Wildman–Crippen LogP) is 6.15. The third kappa shape index (κ3) is 7.05. The van der Waals surface area contributed by atoms with E-state index in [0.29, 0.717) is 11.1 Å². The summed E-state index contributed by atoms with van der Waals surface area (Å²) < 4.78 is 6.41. The Morgan fingerprint density at radius 2 is 1.70 bits per heavy atom. The van der Waals surface area contributed by atoms with E-state index in [1.807, 2.05) is 32.0 Å². The number of ether oxygens (including phenoxy) is 1. The third-order valence-corrected chi connectivity index (χ3v) is 5.61. The van der Waals surface area contributed by atoms with Crippen molar-refractivity contribution in [3.05, 3.63) is 91.4 Å². The smallest absolute Gasteiger partial charge is 0.271 e. The van der Waals surface area contributed by atoms with Crippen molar-refractivity contribution in [3.63, 3.8) is 0 Å². The van der Waals surface area contributed by atoms with Crippen LogP contribution in [-0.4, -0.2) is 24.6 Å².